The predicted octanol–water partition coefficient (Wildman–Crippen LogP) is 11.5. The summed E-state index contributed by atoms with van der Waals surface area (Å²) in [6.45, 7) is 25.2. The lowest BCUT2D eigenvalue weighted by atomic mass is 10.0. The number of piperazine rings is 2. The molecule has 10 heterocycles. The smallest absolute Gasteiger partial charge is 0.410 e. The molecule has 3 N–H and O–H groups in total. The number of benzene rings is 2. The van der Waals surface area contributed by atoms with Crippen molar-refractivity contribution in [3.63, 3.8) is 0 Å². The molecule has 18 nitrogen and oxygen atoms in total. The minimum Gasteiger partial charge on any atom is -0.444 e. The molecule has 4 aliphatic heterocycles. The molecule has 0 bridgehead atoms. The number of hydrogen-bond donors (Lipinski definition) is 3. The number of piperidine rings is 2. The number of thiophene rings is 2. The summed E-state index contributed by atoms with van der Waals surface area (Å²) in [4.78, 5) is 42.6. The first-order valence-electron chi connectivity index (χ1n) is 31.3. The van der Waals surface area contributed by atoms with Gasteiger partial charge in [0.05, 0.1) is 23.6 Å². The Hall–Kier alpha value is -7.17. The lowest BCUT2D eigenvalue weighted by Gasteiger charge is -2.35. The molecule has 26 heteroatoms. The number of nitrogens with one attached hydrogen (secondary N) is 3. The Labute approximate surface area is 533 Å². The molecule has 0 unspecified atom stereocenters. The number of halogens is 6. The fourth-order valence-electron chi connectivity index (χ4n) is 12.9. The fraction of sp³-hybridized carbons (Fsp3) is 0.523. The molecular formula is C65H78F6N16O2S2. The number of ether oxygens (including phenoxy) is 1. The molecule has 8 aromatic rings. The maximum Gasteiger partial charge on any atom is 0.410 e. The van der Waals surface area contributed by atoms with Gasteiger partial charge in [0.2, 0.25) is 0 Å². The second kappa shape index (κ2) is 28.0. The van der Waals surface area contributed by atoms with Crippen LogP contribution in [0.2, 0.25) is 0 Å². The number of aromatic nitrogens is 6. The van der Waals surface area contributed by atoms with Gasteiger partial charge >= 0.3 is 18.4 Å². The van der Waals surface area contributed by atoms with E-state index >= 15 is 0 Å². The third kappa shape index (κ3) is 16.4. The highest BCUT2D eigenvalue weighted by atomic mass is 32.1. The molecule has 91 heavy (non-hydrogen) atoms. The Morgan fingerprint density at radius 2 is 1.01 bits per heavy atom. The summed E-state index contributed by atoms with van der Waals surface area (Å²) in [5, 5.41) is 33.7. The van der Waals surface area contributed by atoms with Gasteiger partial charge < -0.3 is 34.7 Å². The van der Waals surface area contributed by atoms with Gasteiger partial charge in [-0.1, -0.05) is 12.1 Å². The zero-order chi connectivity index (χ0) is 64.2. The minimum absolute atomic E-state index is 0.163. The van der Waals surface area contributed by atoms with E-state index in [2.05, 4.69) is 115 Å². The second-order valence-electron chi connectivity index (χ2n) is 25.3. The number of fused-ring (bicyclic) bond motifs is 4. The van der Waals surface area contributed by atoms with E-state index in [0.717, 1.165) is 168 Å². The van der Waals surface area contributed by atoms with Crippen molar-refractivity contribution in [2.75, 3.05) is 102 Å². The van der Waals surface area contributed by atoms with Crippen LogP contribution < -0.4 is 16.0 Å². The topological polar surface area (TPSA) is 188 Å². The van der Waals surface area contributed by atoms with Gasteiger partial charge in [0.15, 0.2) is 0 Å². The van der Waals surface area contributed by atoms with Crippen LogP contribution in [-0.2, 0) is 43.8 Å². The van der Waals surface area contributed by atoms with E-state index in [1.54, 1.807) is 17.0 Å². The Bertz CT molecular complexity index is 3940. The number of carbonyl (C=O) groups excluding carboxylic acids is 1. The zero-order valence-corrected chi connectivity index (χ0v) is 53.7. The van der Waals surface area contributed by atoms with E-state index in [0.29, 0.717) is 63.1 Å². The molecule has 0 atom stereocenters. The van der Waals surface area contributed by atoms with Gasteiger partial charge in [-0.25, -0.2) is 24.7 Å². The number of nitrogens with zero attached hydrogens (tertiary/aromatic N) is 13. The number of carbonyl (C=O) groups is 1. The third-order valence-corrected chi connectivity index (χ3v) is 19.9. The summed E-state index contributed by atoms with van der Waals surface area (Å²) in [5.74, 6) is 1.20. The molecular weight excluding hydrogens is 1210 g/mol. The molecule has 0 saturated carbocycles. The second-order valence-corrected chi connectivity index (χ2v) is 27.6. The molecule has 4 saturated heterocycles. The van der Waals surface area contributed by atoms with Crippen molar-refractivity contribution in [2.24, 2.45) is 0 Å². The van der Waals surface area contributed by atoms with Crippen LogP contribution in [0.1, 0.15) is 89.9 Å². The summed E-state index contributed by atoms with van der Waals surface area (Å²) in [7, 11) is 0. The summed E-state index contributed by atoms with van der Waals surface area (Å²) in [6, 6.07) is 21.0. The average Bonchev–Trinajstić information content (AvgIpc) is 1.70. The predicted molar refractivity (Wildman–Crippen MR) is 345 cm³/mol. The van der Waals surface area contributed by atoms with E-state index in [9.17, 15) is 41.7 Å². The summed E-state index contributed by atoms with van der Waals surface area (Å²) < 4.78 is 87.4. The van der Waals surface area contributed by atoms with E-state index in [1.807, 2.05) is 32.9 Å². The maximum absolute atomic E-state index is 13.0. The molecule has 4 fully saturated rings. The van der Waals surface area contributed by atoms with Gasteiger partial charge in [-0.2, -0.15) is 36.9 Å². The van der Waals surface area contributed by atoms with Crippen LogP contribution in [0.4, 0.5) is 42.8 Å². The number of anilines is 2. The van der Waals surface area contributed by atoms with Crippen molar-refractivity contribution in [1.29, 1.82) is 10.5 Å². The minimum atomic E-state index is -4.26. The fourth-order valence-corrected chi connectivity index (χ4v) is 15.0. The number of alkyl halides is 6. The van der Waals surface area contributed by atoms with Crippen LogP contribution in [0, 0.1) is 36.5 Å². The van der Waals surface area contributed by atoms with Gasteiger partial charge in [-0.05, 0) is 119 Å². The molecule has 0 radical (unpaired) electrons. The van der Waals surface area contributed by atoms with E-state index in [4.69, 9.17) is 4.74 Å². The first-order valence-corrected chi connectivity index (χ1v) is 32.9. The molecule has 6 aromatic heterocycles. The summed E-state index contributed by atoms with van der Waals surface area (Å²) >= 11 is 2.14. The highest BCUT2D eigenvalue weighted by molar-refractivity contribution is 7.19. The Morgan fingerprint density at radius 1 is 0.582 bits per heavy atom. The largest absolute Gasteiger partial charge is 0.444 e. The number of hydrogen-bond acceptors (Lipinski definition) is 17. The number of aryl methyl sites for hydroxylation is 2. The molecule has 4 aliphatic rings. The molecule has 12 rings (SSSR count). The lowest BCUT2D eigenvalue weighted by Crippen LogP contribution is -2.50. The number of likely N-dealkylation sites (tertiary alicyclic amines) is 2. The van der Waals surface area contributed by atoms with Crippen LogP contribution in [0.15, 0.2) is 61.2 Å². The van der Waals surface area contributed by atoms with Crippen molar-refractivity contribution in [3.8, 4) is 12.1 Å². The lowest BCUT2D eigenvalue weighted by molar-refractivity contribution is -0.127. The molecule has 484 valence electrons. The SMILES string of the molecule is Cc1c(CN2CCC(Nc3ncnc4sc(CC(F)(F)F)cc34)CC2)ccc2c1cc(C#N)n2CCN1CCN(C(=O)OC(C)(C)C)CC1.Cc1c(CN2CCC(Nc3ncnc4sc(CC(F)(F)F)cc34)CC2)ccc2c1cc(C#N)n2CCN1CCNCC1. The average molecular weight is 1290 g/mol. The highest BCUT2D eigenvalue weighted by Crippen LogP contribution is 2.36. The van der Waals surface area contributed by atoms with Gasteiger partial charge in [0.1, 0.15) is 63.1 Å². The molecule has 0 spiro atoms. The number of amides is 1. The zero-order valence-electron chi connectivity index (χ0n) is 52.1. The molecule has 2 aromatic carbocycles. The van der Waals surface area contributed by atoms with Gasteiger partial charge in [-0.15, -0.1) is 22.7 Å². The molecule has 0 aliphatic carbocycles. The third-order valence-electron chi connectivity index (χ3n) is 17.8. The quantitative estimate of drug-likeness (QED) is 0.0775. The van der Waals surface area contributed by atoms with Crippen LogP contribution in [-0.4, -0.2) is 181 Å². The Morgan fingerprint density at radius 3 is 1.42 bits per heavy atom. The van der Waals surface area contributed by atoms with Crippen molar-refractivity contribution in [2.45, 2.75) is 129 Å². The van der Waals surface area contributed by atoms with E-state index in [-0.39, 0.29) is 27.9 Å². The van der Waals surface area contributed by atoms with Crippen molar-refractivity contribution >= 4 is 82.6 Å². The first-order chi connectivity index (χ1) is 43.5. The summed E-state index contributed by atoms with van der Waals surface area (Å²) in [5.41, 5.74) is 7.91. The van der Waals surface area contributed by atoms with Crippen molar-refractivity contribution in [3.05, 3.63) is 105 Å². The van der Waals surface area contributed by atoms with Crippen LogP contribution >= 0.6 is 22.7 Å². The van der Waals surface area contributed by atoms with Crippen molar-refractivity contribution < 1.29 is 35.9 Å². The number of rotatable bonds is 16. The Kier molecular flexibility index (Phi) is 20.1. The van der Waals surface area contributed by atoms with E-state index in [1.165, 1.54) is 34.9 Å². The Balaban J connectivity index is 0.000000189. The maximum atomic E-state index is 13.0. The highest BCUT2D eigenvalue weighted by Gasteiger charge is 2.32. The van der Waals surface area contributed by atoms with Crippen LogP contribution in [0.5, 0.6) is 0 Å². The van der Waals surface area contributed by atoms with E-state index < -0.39 is 30.8 Å². The van der Waals surface area contributed by atoms with Crippen LogP contribution in [0.3, 0.4) is 0 Å². The summed E-state index contributed by atoms with van der Waals surface area (Å²) in [6.07, 6.45) is -4.27. The standard InChI is InChI=1S/C35H43F3N8O2S.C30H35F3N8S/c1-23-24(21-44-9-7-25(8-10-44)42-31-29-18-27(19-35(36,37)38)49-32(29)41-22-40-31)5-6-30-28(23)17-26(20-39)46(30)16-13-43-11-14-45(15-12-43)33(47)48-34(2,3)4;1-20-21(2-3-27-25(20)14-23(17-34)41(27)13-12-39-10-6-35-7-11-39)18-40-8-4-22(5-9-40)38-28-26-15-24(16-30(31,32)33)42-29(26)37-19-36-28/h5-6,17-18,22,25H,7-16,19,21H2,1-4H3,(H,40,41,42);2-3,14-15,19,22,35H,4-13,16,18H2,1H3,(H,36,37,38). The van der Waals surface area contributed by atoms with Gasteiger partial charge in [0.25, 0.3) is 0 Å². The van der Waals surface area contributed by atoms with Crippen molar-refractivity contribution in [1.82, 2.24) is 58.9 Å². The molecule has 1 amide bonds. The number of nitriles is 2. The van der Waals surface area contributed by atoms with Gasteiger partial charge in [0, 0.05) is 161 Å². The van der Waals surface area contributed by atoms with Crippen LogP contribution in [0.25, 0.3) is 42.2 Å². The van der Waals surface area contributed by atoms with Gasteiger partial charge in [-0.3, -0.25) is 19.6 Å². The monoisotopic (exact) mass is 1290 g/mol. The normalized spacial score (nSPS) is 17.4. The first kappa shape index (κ1) is 65.3.